The number of halogens is 1. The molecule has 0 atom stereocenters. The van der Waals surface area contributed by atoms with Gasteiger partial charge in [0.25, 0.3) is 5.69 Å². The van der Waals surface area contributed by atoms with E-state index in [1.165, 1.54) is 17.8 Å². The van der Waals surface area contributed by atoms with Crippen LogP contribution in [0.4, 0.5) is 11.4 Å². The average Bonchev–Trinajstić information content (AvgIpc) is 2.96. The first kappa shape index (κ1) is 17.4. The number of hydrogen-bond donors (Lipinski definition) is 2. The second kappa shape index (κ2) is 7.24. The van der Waals surface area contributed by atoms with E-state index in [0.29, 0.717) is 16.4 Å². The van der Waals surface area contributed by atoms with E-state index in [2.05, 4.69) is 31.2 Å². The molecule has 0 aliphatic carbocycles. The van der Waals surface area contributed by atoms with Gasteiger partial charge < -0.3 is 10.3 Å². The van der Waals surface area contributed by atoms with E-state index < -0.39 is 4.92 Å². The topological polar surface area (TPSA) is 101 Å². The van der Waals surface area contributed by atoms with Gasteiger partial charge in [0.1, 0.15) is 0 Å². The van der Waals surface area contributed by atoms with Crippen LogP contribution in [-0.2, 0) is 4.79 Å². The van der Waals surface area contributed by atoms with Gasteiger partial charge in [0, 0.05) is 21.8 Å². The summed E-state index contributed by atoms with van der Waals surface area (Å²) in [5, 5.41) is 14.3. The van der Waals surface area contributed by atoms with Gasteiger partial charge in [-0.1, -0.05) is 33.8 Å². The molecule has 1 aromatic heterocycles. The lowest BCUT2D eigenvalue weighted by molar-refractivity contribution is -0.385. The lowest BCUT2D eigenvalue weighted by Gasteiger charge is -2.05. The summed E-state index contributed by atoms with van der Waals surface area (Å²) in [6.45, 7) is 1.65. The largest absolute Gasteiger partial charge is 0.333 e. The van der Waals surface area contributed by atoms with Gasteiger partial charge in [-0.25, -0.2) is 4.98 Å². The number of aryl methyl sites for hydroxylation is 1. The summed E-state index contributed by atoms with van der Waals surface area (Å²) in [6, 6.07) is 10.3. The lowest BCUT2D eigenvalue weighted by Crippen LogP contribution is -2.14. The molecule has 7 nitrogen and oxygen atoms in total. The fourth-order valence-corrected chi connectivity index (χ4v) is 3.29. The van der Waals surface area contributed by atoms with E-state index >= 15 is 0 Å². The molecule has 0 aliphatic heterocycles. The van der Waals surface area contributed by atoms with Crippen molar-refractivity contribution >= 4 is 56.0 Å². The molecule has 0 saturated heterocycles. The minimum Gasteiger partial charge on any atom is -0.333 e. The molecule has 3 rings (SSSR count). The number of carbonyl (C=O) groups is 1. The van der Waals surface area contributed by atoms with Crippen molar-refractivity contribution < 1.29 is 9.72 Å². The second-order valence-electron chi connectivity index (χ2n) is 5.30. The normalized spacial score (nSPS) is 10.8. The van der Waals surface area contributed by atoms with E-state index in [4.69, 9.17) is 0 Å². The fraction of sp³-hybridized carbons (Fsp3) is 0.125. The van der Waals surface area contributed by atoms with E-state index in [9.17, 15) is 14.9 Å². The van der Waals surface area contributed by atoms with Crippen LogP contribution in [0.2, 0.25) is 0 Å². The summed E-state index contributed by atoms with van der Waals surface area (Å²) in [5.74, 6) is -0.118. The smallest absolute Gasteiger partial charge is 0.274 e. The summed E-state index contributed by atoms with van der Waals surface area (Å²) < 4.78 is 0.943. The van der Waals surface area contributed by atoms with Crippen LogP contribution < -0.4 is 5.32 Å². The monoisotopic (exact) mass is 420 g/mol. The van der Waals surface area contributed by atoms with Crippen molar-refractivity contribution in [1.29, 1.82) is 0 Å². The van der Waals surface area contributed by atoms with Crippen LogP contribution in [0.25, 0.3) is 11.0 Å². The predicted octanol–water partition coefficient (Wildman–Crippen LogP) is 4.27. The third-order valence-corrected chi connectivity index (χ3v) is 4.82. The number of nitrogens with zero attached hydrogens (tertiary/aromatic N) is 2. The Hall–Kier alpha value is -2.39. The van der Waals surface area contributed by atoms with Crippen LogP contribution in [0, 0.1) is 17.0 Å². The maximum atomic E-state index is 12.1. The summed E-state index contributed by atoms with van der Waals surface area (Å²) in [7, 11) is 0. The molecule has 9 heteroatoms. The molecule has 0 aliphatic rings. The number of aromatic amines is 1. The zero-order valence-corrected chi connectivity index (χ0v) is 15.5. The van der Waals surface area contributed by atoms with Gasteiger partial charge in [0.2, 0.25) is 5.91 Å². The Kier molecular flexibility index (Phi) is 5.05. The summed E-state index contributed by atoms with van der Waals surface area (Å²) in [4.78, 5) is 30.1. The number of amides is 1. The molecule has 0 bridgehead atoms. The Morgan fingerprint density at radius 1 is 1.36 bits per heavy atom. The van der Waals surface area contributed by atoms with Gasteiger partial charge in [-0.15, -0.1) is 0 Å². The van der Waals surface area contributed by atoms with E-state index in [0.717, 1.165) is 15.5 Å². The average molecular weight is 421 g/mol. The van der Waals surface area contributed by atoms with Crippen molar-refractivity contribution in [2.75, 3.05) is 11.1 Å². The number of rotatable bonds is 5. The minimum atomic E-state index is -0.466. The third-order valence-electron chi connectivity index (χ3n) is 3.45. The van der Waals surface area contributed by atoms with Crippen molar-refractivity contribution in [2.45, 2.75) is 12.1 Å². The minimum absolute atomic E-state index is 0.0201. The molecule has 3 aromatic rings. The SMILES string of the molecule is Cc1ccc(NC(=O)CSc2nc3ccc(Br)cc3[nH]2)cc1[N+](=O)[O-]. The van der Waals surface area contributed by atoms with Gasteiger partial charge in [0.05, 0.1) is 21.7 Å². The fourth-order valence-electron chi connectivity index (χ4n) is 2.24. The van der Waals surface area contributed by atoms with Crippen molar-refractivity contribution in [3.8, 4) is 0 Å². The number of hydrogen-bond acceptors (Lipinski definition) is 5. The van der Waals surface area contributed by atoms with Crippen LogP contribution in [0.5, 0.6) is 0 Å². The van der Waals surface area contributed by atoms with Gasteiger partial charge >= 0.3 is 0 Å². The Morgan fingerprint density at radius 2 is 2.16 bits per heavy atom. The summed E-state index contributed by atoms with van der Waals surface area (Å²) in [6.07, 6.45) is 0. The molecule has 0 saturated carbocycles. The number of imidazole rings is 1. The van der Waals surface area contributed by atoms with Crippen LogP contribution in [0.3, 0.4) is 0 Å². The highest BCUT2D eigenvalue weighted by Gasteiger charge is 2.13. The Balaban J connectivity index is 1.64. The highest BCUT2D eigenvalue weighted by molar-refractivity contribution is 9.10. The Morgan fingerprint density at radius 3 is 2.92 bits per heavy atom. The number of fused-ring (bicyclic) bond motifs is 1. The van der Waals surface area contributed by atoms with Crippen molar-refractivity contribution in [1.82, 2.24) is 9.97 Å². The number of benzene rings is 2. The van der Waals surface area contributed by atoms with Crippen molar-refractivity contribution in [3.05, 3.63) is 56.5 Å². The summed E-state index contributed by atoms with van der Waals surface area (Å²) in [5.41, 5.74) is 2.63. The van der Waals surface area contributed by atoms with Gasteiger partial charge in [-0.3, -0.25) is 14.9 Å². The molecule has 25 heavy (non-hydrogen) atoms. The van der Waals surface area contributed by atoms with Crippen molar-refractivity contribution in [2.24, 2.45) is 0 Å². The molecule has 0 spiro atoms. The summed E-state index contributed by atoms with van der Waals surface area (Å²) >= 11 is 4.66. The molecule has 1 heterocycles. The van der Waals surface area contributed by atoms with Gasteiger partial charge in [0.15, 0.2) is 5.16 Å². The number of carbonyl (C=O) groups excluding carboxylic acids is 1. The Labute approximate surface area is 155 Å². The molecule has 0 radical (unpaired) electrons. The van der Waals surface area contributed by atoms with Gasteiger partial charge in [-0.05, 0) is 31.2 Å². The van der Waals surface area contributed by atoms with E-state index in [-0.39, 0.29) is 17.3 Å². The number of nitro benzene ring substituents is 1. The first-order valence-electron chi connectivity index (χ1n) is 7.25. The highest BCUT2D eigenvalue weighted by atomic mass is 79.9. The first-order chi connectivity index (χ1) is 11.9. The molecular formula is C16H13BrN4O3S. The van der Waals surface area contributed by atoms with Crippen molar-refractivity contribution in [3.63, 3.8) is 0 Å². The zero-order chi connectivity index (χ0) is 18.0. The predicted molar refractivity (Wildman–Crippen MR) is 101 cm³/mol. The van der Waals surface area contributed by atoms with E-state index in [1.54, 1.807) is 19.1 Å². The van der Waals surface area contributed by atoms with Gasteiger partial charge in [-0.2, -0.15) is 0 Å². The number of nitro groups is 1. The van der Waals surface area contributed by atoms with Crippen LogP contribution in [0.1, 0.15) is 5.56 Å². The maximum absolute atomic E-state index is 12.1. The maximum Gasteiger partial charge on any atom is 0.274 e. The van der Waals surface area contributed by atoms with E-state index in [1.807, 2.05) is 18.2 Å². The number of anilines is 1. The molecule has 128 valence electrons. The second-order valence-corrected chi connectivity index (χ2v) is 7.18. The third kappa shape index (κ3) is 4.18. The first-order valence-corrected chi connectivity index (χ1v) is 9.03. The molecular weight excluding hydrogens is 408 g/mol. The quantitative estimate of drug-likeness (QED) is 0.364. The van der Waals surface area contributed by atoms with Crippen LogP contribution in [-0.4, -0.2) is 26.6 Å². The number of nitrogens with one attached hydrogen (secondary N) is 2. The molecule has 2 aromatic carbocycles. The highest BCUT2D eigenvalue weighted by Crippen LogP contribution is 2.24. The van der Waals surface area contributed by atoms with Crippen LogP contribution >= 0.6 is 27.7 Å². The number of aromatic nitrogens is 2. The zero-order valence-electron chi connectivity index (χ0n) is 13.1. The number of thioether (sulfide) groups is 1. The number of H-pyrrole nitrogens is 1. The standard InChI is InChI=1S/C16H13BrN4O3S/c1-9-2-4-11(7-14(9)21(23)24)18-15(22)8-25-16-19-12-5-3-10(17)6-13(12)20-16/h2-7H,8H2,1H3,(H,18,22)(H,19,20). The molecule has 2 N–H and O–H groups in total. The Bertz CT molecular complexity index is 973. The molecule has 0 unspecified atom stereocenters. The lowest BCUT2D eigenvalue weighted by atomic mass is 10.2. The molecule has 1 amide bonds. The van der Waals surface area contributed by atoms with Crippen LogP contribution in [0.15, 0.2) is 46.0 Å². The molecule has 0 fully saturated rings.